The minimum absolute atomic E-state index is 0.000370. The fourth-order valence-electron chi connectivity index (χ4n) is 2.39. The standard InChI is InChI=1S/C14H18ClNO2/c1-9(11-5-3-4-6-12(11)15)16(2)13(14(17)18)10-7-8-10/h3-6,9-10,13H,7-8H2,1-2H3,(H,17,18). The Morgan fingerprint density at radius 3 is 2.56 bits per heavy atom. The van der Waals surface area contributed by atoms with Gasteiger partial charge >= 0.3 is 5.97 Å². The fraction of sp³-hybridized carbons (Fsp3) is 0.500. The number of aliphatic carboxylic acids is 1. The van der Waals surface area contributed by atoms with Crippen molar-refractivity contribution in [3.05, 3.63) is 34.9 Å². The molecule has 18 heavy (non-hydrogen) atoms. The highest BCUT2D eigenvalue weighted by Gasteiger charge is 2.40. The Kier molecular flexibility index (Phi) is 3.93. The number of hydrogen-bond donors (Lipinski definition) is 1. The lowest BCUT2D eigenvalue weighted by molar-refractivity contribution is -0.144. The SMILES string of the molecule is CC(c1ccccc1Cl)N(C)C(C(=O)O)C1CC1. The number of benzene rings is 1. The summed E-state index contributed by atoms with van der Waals surface area (Å²) < 4.78 is 0. The molecule has 0 heterocycles. The Bertz CT molecular complexity index is 445. The van der Waals surface area contributed by atoms with Gasteiger partial charge in [-0.05, 0) is 44.4 Å². The largest absolute Gasteiger partial charge is 0.480 e. The molecule has 1 saturated carbocycles. The van der Waals surface area contributed by atoms with Gasteiger partial charge in [0.2, 0.25) is 0 Å². The van der Waals surface area contributed by atoms with Crippen LogP contribution in [0.4, 0.5) is 0 Å². The molecule has 0 saturated heterocycles. The van der Waals surface area contributed by atoms with Gasteiger partial charge in [-0.2, -0.15) is 0 Å². The zero-order valence-electron chi connectivity index (χ0n) is 10.6. The molecule has 0 aromatic heterocycles. The molecule has 0 amide bonds. The maximum Gasteiger partial charge on any atom is 0.321 e. The van der Waals surface area contributed by atoms with E-state index in [4.69, 9.17) is 11.6 Å². The lowest BCUT2D eigenvalue weighted by Crippen LogP contribution is -2.41. The van der Waals surface area contributed by atoms with Crippen LogP contribution in [-0.2, 0) is 4.79 Å². The highest BCUT2D eigenvalue weighted by Crippen LogP contribution is 2.38. The first-order chi connectivity index (χ1) is 8.52. The fourth-order valence-corrected chi connectivity index (χ4v) is 2.69. The van der Waals surface area contributed by atoms with Crippen molar-refractivity contribution < 1.29 is 9.90 Å². The summed E-state index contributed by atoms with van der Waals surface area (Å²) in [6.07, 6.45) is 2.02. The number of rotatable bonds is 5. The monoisotopic (exact) mass is 267 g/mol. The van der Waals surface area contributed by atoms with Gasteiger partial charge in [-0.25, -0.2) is 0 Å². The Labute approximate surface area is 112 Å². The topological polar surface area (TPSA) is 40.5 Å². The molecule has 2 atom stereocenters. The number of carboxylic acid groups (broad SMARTS) is 1. The van der Waals surface area contributed by atoms with E-state index >= 15 is 0 Å². The first-order valence-electron chi connectivity index (χ1n) is 6.21. The molecule has 3 nitrogen and oxygen atoms in total. The Hall–Kier alpha value is -1.06. The second-order valence-electron chi connectivity index (χ2n) is 4.98. The summed E-state index contributed by atoms with van der Waals surface area (Å²) in [6.45, 7) is 2.00. The molecule has 2 rings (SSSR count). The summed E-state index contributed by atoms with van der Waals surface area (Å²) in [6, 6.07) is 7.20. The van der Waals surface area contributed by atoms with Gasteiger partial charge in [0.25, 0.3) is 0 Å². The van der Waals surface area contributed by atoms with E-state index in [1.54, 1.807) is 0 Å². The van der Waals surface area contributed by atoms with Gasteiger partial charge in [0.15, 0.2) is 0 Å². The normalized spacial score (nSPS) is 18.7. The van der Waals surface area contributed by atoms with Crippen molar-refractivity contribution in [1.29, 1.82) is 0 Å². The van der Waals surface area contributed by atoms with Gasteiger partial charge < -0.3 is 5.11 Å². The molecule has 0 bridgehead atoms. The number of halogens is 1. The van der Waals surface area contributed by atoms with Crippen LogP contribution in [0.1, 0.15) is 31.4 Å². The van der Waals surface area contributed by atoms with E-state index in [1.807, 2.05) is 43.1 Å². The second-order valence-corrected chi connectivity index (χ2v) is 5.39. The van der Waals surface area contributed by atoms with Crippen LogP contribution in [0.3, 0.4) is 0 Å². The van der Waals surface area contributed by atoms with Gasteiger partial charge in [0.05, 0.1) is 0 Å². The number of carboxylic acids is 1. The van der Waals surface area contributed by atoms with E-state index in [0.717, 1.165) is 18.4 Å². The third-order valence-electron chi connectivity index (χ3n) is 3.73. The number of hydrogen-bond acceptors (Lipinski definition) is 2. The molecule has 1 aliphatic rings. The van der Waals surface area contributed by atoms with Gasteiger partial charge in [0, 0.05) is 11.1 Å². The molecule has 0 aliphatic heterocycles. The van der Waals surface area contributed by atoms with Gasteiger partial charge in [-0.3, -0.25) is 9.69 Å². The van der Waals surface area contributed by atoms with Crippen LogP contribution >= 0.6 is 11.6 Å². The molecule has 4 heteroatoms. The molecule has 2 unspecified atom stereocenters. The van der Waals surface area contributed by atoms with E-state index in [-0.39, 0.29) is 12.0 Å². The maximum atomic E-state index is 11.4. The molecule has 0 radical (unpaired) electrons. The Balaban J connectivity index is 2.19. The molecule has 0 spiro atoms. The van der Waals surface area contributed by atoms with Crippen molar-refractivity contribution in [1.82, 2.24) is 4.90 Å². The van der Waals surface area contributed by atoms with Crippen molar-refractivity contribution >= 4 is 17.6 Å². The van der Waals surface area contributed by atoms with E-state index in [9.17, 15) is 9.90 Å². The summed E-state index contributed by atoms with van der Waals surface area (Å²) in [4.78, 5) is 13.3. The minimum atomic E-state index is -0.737. The van der Waals surface area contributed by atoms with Crippen LogP contribution in [0.2, 0.25) is 5.02 Å². The van der Waals surface area contributed by atoms with Crippen LogP contribution in [0, 0.1) is 5.92 Å². The lowest BCUT2D eigenvalue weighted by atomic mass is 10.0. The third kappa shape index (κ3) is 2.68. The van der Waals surface area contributed by atoms with Crippen molar-refractivity contribution in [3.8, 4) is 0 Å². The Morgan fingerprint density at radius 2 is 2.06 bits per heavy atom. The van der Waals surface area contributed by atoms with Crippen LogP contribution in [0.5, 0.6) is 0 Å². The van der Waals surface area contributed by atoms with E-state index in [0.29, 0.717) is 5.02 Å². The molecular weight excluding hydrogens is 250 g/mol. The smallest absolute Gasteiger partial charge is 0.321 e. The molecular formula is C14H18ClNO2. The predicted octanol–water partition coefficient (Wildman–Crippen LogP) is 3.20. The lowest BCUT2D eigenvalue weighted by Gasteiger charge is -2.31. The summed E-state index contributed by atoms with van der Waals surface area (Å²) in [5.41, 5.74) is 0.980. The van der Waals surface area contributed by atoms with E-state index in [2.05, 4.69) is 0 Å². The highest BCUT2D eigenvalue weighted by molar-refractivity contribution is 6.31. The van der Waals surface area contributed by atoms with Crippen molar-refractivity contribution in [2.45, 2.75) is 31.8 Å². The first kappa shape index (κ1) is 13.4. The van der Waals surface area contributed by atoms with Crippen molar-refractivity contribution in [2.75, 3.05) is 7.05 Å². The Morgan fingerprint density at radius 1 is 1.44 bits per heavy atom. The van der Waals surface area contributed by atoms with Crippen LogP contribution < -0.4 is 0 Å². The quantitative estimate of drug-likeness (QED) is 0.891. The number of nitrogens with zero attached hydrogens (tertiary/aromatic N) is 1. The average molecular weight is 268 g/mol. The second kappa shape index (κ2) is 5.29. The highest BCUT2D eigenvalue weighted by atomic mass is 35.5. The van der Waals surface area contributed by atoms with Crippen LogP contribution in [0.25, 0.3) is 0 Å². The van der Waals surface area contributed by atoms with Gasteiger partial charge in [-0.15, -0.1) is 0 Å². The summed E-state index contributed by atoms with van der Waals surface area (Å²) in [5, 5.41) is 10.0. The summed E-state index contributed by atoms with van der Waals surface area (Å²) in [5.74, 6) is -0.448. The average Bonchev–Trinajstić information content (AvgIpc) is 3.13. The van der Waals surface area contributed by atoms with E-state index in [1.165, 1.54) is 0 Å². The zero-order chi connectivity index (χ0) is 13.3. The molecule has 1 N–H and O–H groups in total. The predicted molar refractivity (Wildman–Crippen MR) is 71.8 cm³/mol. The number of carbonyl (C=O) groups is 1. The molecule has 1 aliphatic carbocycles. The van der Waals surface area contributed by atoms with Crippen LogP contribution in [0.15, 0.2) is 24.3 Å². The molecule has 1 aromatic carbocycles. The third-order valence-corrected chi connectivity index (χ3v) is 4.07. The van der Waals surface area contributed by atoms with E-state index < -0.39 is 12.0 Å². The van der Waals surface area contributed by atoms with Crippen molar-refractivity contribution in [3.63, 3.8) is 0 Å². The minimum Gasteiger partial charge on any atom is -0.480 e. The van der Waals surface area contributed by atoms with Gasteiger partial charge in [-0.1, -0.05) is 29.8 Å². The molecule has 1 fully saturated rings. The van der Waals surface area contributed by atoms with Gasteiger partial charge in [0.1, 0.15) is 6.04 Å². The zero-order valence-corrected chi connectivity index (χ0v) is 11.4. The molecule has 1 aromatic rings. The van der Waals surface area contributed by atoms with Crippen LogP contribution in [-0.4, -0.2) is 29.1 Å². The maximum absolute atomic E-state index is 11.4. The first-order valence-corrected chi connectivity index (χ1v) is 6.59. The molecule has 98 valence electrons. The number of likely N-dealkylation sites (N-methyl/N-ethyl adjacent to an activating group) is 1. The van der Waals surface area contributed by atoms with Crippen molar-refractivity contribution in [2.24, 2.45) is 5.92 Å². The summed E-state index contributed by atoms with van der Waals surface area (Å²) >= 11 is 6.17. The summed E-state index contributed by atoms with van der Waals surface area (Å²) in [7, 11) is 1.87.